The van der Waals surface area contributed by atoms with E-state index < -0.39 is 0 Å². The van der Waals surface area contributed by atoms with E-state index in [1.165, 1.54) is 12.5 Å². The van der Waals surface area contributed by atoms with E-state index in [9.17, 15) is 9.59 Å². The molecule has 3 N–H and O–H groups in total. The molecule has 0 bridgehead atoms. The first-order chi connectivity index (χ1) is 9.72. The number of H-pyrrole nitrogens is 1. The first-order valence-electron chi connectivity index (χ1n) is 6.05. The van der Waals surface area contributed by atoms with Gasteiger partial charge in [-0.25, -0.2) is 4.98 Å². The maximum atomic E-state index is 11.7. The van der Waals surface area contributed by atoms with Crippen molar-refractivity contribution in [2.75, 3.05) is 11.9 Å². The van der Waals surface area contributed by atoms with Crippen LogP contribution in [0.25, 0.3) is 0 Å². The van der Waals surface area contributed by atoms with Gasteiger partial charge in [-0.2, -0.15) is 0 Å². The van der Waals surface area contributed by atoms with Gasteiger partial charge in [0.2, 0.25) is 0 Å². The molecule has 20 heavy (non-hydrogen) atoms. The zero-order valence-electron chi connectivity index (χ0n) is 10.5. The number of imidazole rings is 1. The maximum Gasteiger partial charge on any atom is 0.271 e. The second-order valence-electron chi connectivity index (χ2n) is 4.30. The fourth-order valence-corrected chi connectivity index (χ4v) is 1.90. The maximum absolute atomic E-state index is 11.7. The van der Waals surface area contributed by atoms with Crippen molar-refractivity contribution in [2.45, 2.75) is 6.54 Å². The number of aromatic nitrogens is 2. The van der Waals surface area contributed by atoms with Crippen molar-refractivity contribution >= 4 is 17.5 Å². The van der Waals surface area contributed by atoms with E-state index >= 15 is 0 Å². The van der Waals surface area contributed by atoms with Crippen LogP contribution in [-0.4, -0.2) is 28.4 Å². The highest BCUT2D eigenvalue weighted by molar-refractivity contribution is 5.95. The number of carbonyl (C=O) groups excluding carboxylic acids is 2. The fourth-order valence-electron chi connectivity index (χ4n) is 1.90. The molecule has 7 nitrogen and oxygen atoms in total. The normalized spacial score (nSPS) is 13.1. The Hall–Kier alpha value is -2.83. The zero-order valence-corrected chi connectivity index (χ0v) is 10.5. The van der Waals surface area contributed by atoms with Crippen molar-refractivity contribution in [1.29, 1.82) is 0 Å². The smallest absolute Gasteiger partial charge is 0.271 e. The minimum Gasteiger partial charge on any atom is -0.482 e. The molecule has 1 aromatic heterocycles. The summed E-state index contributed by atoms with van der Waals surface area (Å²) >= 11 is 0. The molecule has 0 fully saturated rings. The van der Waals surface area contributed by atoms with Crippen LogP contribution in [0, 0.1) is 0 Å². The molecular formula is C13H12N4O3. The summed E-state index contributed by atoms with van der Waals surface area (Å²) in [5, 5.41) is 5.47. The molecule has 1 aliphatic rings. The molecule has 1 aliphatic heterocycles. The highest BCUT2D eigenvalue weighted by Gasteiger charge is 2.16. The number of hydrogen-bond acceptors (Lipinski definition) is 4. The summed E-state index contributed by atoms with van der Waals surface area (Å²) in [4.78, 5) is 29.6. The minimum atomic E-state index is -0.260. The van der Waals surface area contributed by atoms with Gasteiger partial charge in [-0.1, -0.05) is 6.07 Å². The van der Waals surface area contributed by atoms with Crippen molar-refractivity contribution in [3.05, 3.63) is 42.0 Å². The van der Waals surface area contributed by atoms with Crippen LogP contribution in [0.2, 0.25) is 0 Å². The molecule has 0 spiro atoms. The van der Waals surface area contributed by atoms with Crippen LogP contribution in [0.1, 0.15) is 16.1 Å². The minimum absolute atomic E-state index is 0.0300. The number of nitrogens with zero attached hydrogens (tertiary/aromatic N) is 1. The molecule has 7 heteroatoms. The number of ether oxygens (including phenoxy) is 1. The first kappa shape index (κ1) is 12.2. The highest BCUT2D eigenvalue weighted by Crippen LogP contribution is 2.28. The lowest BCUT2D eigenvalue weighted by molar-refractivity contribution is -0.118. The number of rotatable bonds is 3. The summed E-state index contributed by atoms with van der Waals surface area (Å²) in [6, 6.07) is 5.38. The topological polar surface area (TPSA) is 96.1 Å². The predicted molar refractivity (Wildman–Crippen MR) is 70.3 cm³/mol. The van der Waals surface area contributed by atoms with Gasteiger partial charge in [-0.3, -0.25) is 9.59 Å². The molecule has 2 amide bonds. The monoisotopic (exact) mass is 272 g/mol. The van der Waals surface area contributed by atoms with Crippen LogP contribution in [0.15, 0.2) is 30.7 Å². The van der Waals surface area contributed by atoms with E-state index in [0.29, 0.717) is 23.7 Å². The Labute approximate surface area is 114 Å². The summed E-state index contributed by atoms with van der Waals surface area (Å²) < 4.78 is 5.26. The third-order valence-corrected chi connectivity index (χ3v) is 2.86. The summed E-state index contributed by atoms with van der Waals surface area (Å²) in [7, 11) is 0. The number of fused-ring (bicyclic) bond motifs is 1. The predicted octanol–water partition coefficient (Wildman–Crippen LogP) is 0.671. The SMILES string of the molecule is O=C1COc2ccc(CNC(=O)c3c[nH]cn3)cc2N1. The van der Waals surface area contributed by atoms with Crippen LogP contribution >= 0.6 is 0 Å². The van der Waals surface area contributed by atoms with Gasteiger partial charge in [0.15, 0.2) is 6.61 Å². The van der Waals surface area contributed by atoms with Crippen molar-refractivity contribution in [2.24, 2.45) is 0 Å². The summed E-state index contributed by atoms with van der Waals surface area (Å²) in [6.45, 7) is 0.372. The molecular weight excluding hydrogens is 260 g/mol. The quantitative estimate of drug-likeness (QED) is 0.765. The number of benzene rings is 1. The Morgan fingerprint density at radius 3 is 3.15 bits per heavy atom. The van der Waals surface area contributed by atoms with Crippen LogP contribution in [0.5, 0.6) is 5.75 Å². The second-order valence-corrected chi connectivity index (χ2v) is 4.30. The van der Waals surface area contributed by atoms with E-state index in [1.807, 2.05) is 6.07 Å². The molecule has 0 saturated heterocycles. The Balaban J connectivity index is 1.68. The first-order valence-corrected chi connectivity index (χ1v) is 6.05. The molecule has 2 aromatic rings. The van der Waals surface area contributed by atoms with E-state index in [-0.39, 0.29) is 18.4 Å². The third kappa shape index (κ3) is 2.46. The average molecular weight is 272 g/mol. The Morgan fingerprint density at radius 1 is 1.45 bits per heavy atom. The van der Waals surface area contributed by atoms with E-state index in [2.05, 4.69) is 20.6 Å². The lowest BCUT2D eigenvalue weighted by Gasteiger charge is -2.18. The molecule has 0 radical (unpaired) electrons. The van der Waals surface area contributed by atoms with E-state index in [1.54, 1.807) is 12.1 Å². The lowest BCUT2D eigenvalue weighted by atomic mass is 10.1. The van der Waals surface area contributed by atoms with Crippen LogP contribution in [0.4, 0.5) is 5.69 Å². The average Bonchev–Trinajstić information content (AvgIpc) is 2.98. The second kappa shape index (κ2) is 5.04. The number of nitrogens with one attached hydrogen (secondary N) is 3. The van der Waals surface area contributed by atoms with E-state index in [0.717, 1.165) is 5.56 Å². The standard InChI is InChI=1S/C13H12N4O3/c18-12-6-20-11-2-1-8(3-9(11)17-12)4-15-13(19)10-5-14-7-16-10/h1-3,5,7H,4,6H2,(H,14,16)(H,15,19)(H,17,18). The number of carbonyl (C=O) groups is 2. The molecule has 3 rings (SSSR count). The van der Waals surface area contributed by atoms with Gasteiger partial charge in [0.1, 0.15) is 11.4 Å². The number of anilines is 1. The van der Waals surface area contributed by atoms with Gasteiger partial charge in [-0.05, 0) is 17.7 Å². The van der Waals surface area contributed by atoms with Crippen molar-refractivity contribution in [3.63, 3.8) is 0 Å². The highest BCUT2D eigenvalue weighted by atomic mass is 16.5. The van der Waals surface area contributed by atoms with Crippen LogP contribution in [-0.2, 0) is 11.3 Å². The number of amides is 2. The van der Waals surface area contributed by atoms with Gasteiger partial charge in [0.05, 0.1) is 12.0 Å². The van der Waals surface area contributed by atoms with Crippen LogP contribution in [0.3, 0.4) is 0 Å². The number of aromatic amines is 1. The summed E-state index contributed by atoms with van der Waals surface area (Å²) in [6.07, 6.45) is 2.97. The van der Waals surface area contributed by atoms with Crippen LogP contribution < -0.4 is 15.4 Å². The zero-order chi connectivity index (χ0) is 13.9. The summed E-state index contributed by atoms with van der Waals surface area (Å²) in [5.41, 5.74) is 1.81. The molecule has 0 aliphatic carbocycles. The molecule has 1 aromatic carbocycles. The molecule has 2 heterocycles. The van der Waals surface area contributed by atoms with Gasteiger partial charge in [-0.15, -0.1) is 0 Å². The molecule has 102 valence electrons. The Morgan fingerprint density at radius 2 is 2.35 bits per heavy atom. The van der Waals surface area contributed by atoms with Gasteiger partial charge >= 0.3 is 0 Å². The molecule has 0 atom stereocenters. The third-order valence-electron chi connectivity index (χ3n) is 2.86. The largest absolute Gasteiger partial charge is 0.482 e. The summed E-state index contributed by atoms with van der Waals surface area (Å²) in [5.74, 6) is 0.187. The van der Waals surface area contributed by atoms with Crippen molar-refractivity contribution < 1.29 is 14.3 Å². The van der Waals surface area contributed by atoms with Gasteiger partial charge < -0.3 is 20.4 Å². The fraction of sp³-hybridized carbons (Fsp3) is 0.154. The Bertz CT molecular complexity index is 652. The van der Waals surface area contributed by atoms with Gasteiger partial charge in [0, 0.05) is 12.7 Å². The van der Waals surface area contributed by atoms with Gasteiger partial charge in [0.25, 0.3) is 11.8 Å². The Kier molecular flexibility index (Phi) is 3.08. The van der Waals surface area contributed by atoms with Crippen molar-refractivity contribution in [1.82, 2.24) is 15.3 Å². The molecule has 0 unspecified atom stereocenters. The van der Waals surface area contributed by atoms with E-state index in [4.69, 9.17) is 4.74 Å². The number of hydrogen-bond donors (Lipinski definition) is 3. The lowest BCUT2D eigenvalue weighted by Crippen LogP contribution is -2.26. The molecule has 0 saturated carbocycles. The van der Waals surface area contributed by atoms with Crippen molar-refractivity contribution in [3.8, 4) is 5.75 Å².